The summed E-state index contributed by atoms with van der Waals surface area (Å²) in [7, 11) is 0. The molecule has 1 N–H and O–H groups in total. The summed E-state index contributed by atoms with van der Waals surface area (Å²) < 4.78 is 0. The molecule has 1 unspecified atom stereocenters. The van der Waals surface area contributed by atoms with E-state index >= 15 is 0 Å². The fourth-order valence-corrected chi connectivity index (χ4v) is 2.76. The summed E-state index contributed by atoms with van der Waals surface area (Å²) in [6.45, 7) is 0. The van der Waals surface area contributed by atoms with Crippen LogP contribution in [0.5, 0.6) is 0 Å². The van der Waals surface area contributed by atoms with Crippen LogP contribution in [0.4, 0.5) is 5.69 Å². The highest BCUT2D eigenvalue weighted by atomic mass is 32.1. The minimum absolute atomic E-state index is 0.522. The highest BCUT2D eigenvalue weighted by Gasteiger charge is 2.20. The van der Waals surface area contributed by atoms with E-state index in [2.05, 4.69) is 34.6 Å². The lowest BCUT2D eigenvalue weighted by molar-refractivity contribution is 0.742. The molecular weight excluding hydrogens is 204 g/mol. The van der Waals surface area contributed by atoms with Gasteiger partial charge in [-0.3, -0.25) is 0 Å². The SMILES string of the molecule is c1ccc2c(c1)CC(Cc1nccs1)N2. The van der Waals surface area contributed by atoms with E-state index in [0.717, 1.165) is 12.8 Å². The summed E-state index contributed by atoms with van der Waals surface area (Å²) >= 11 is 1.74. The molecule has 0 radical (unpaired) electrons. The number of fused-ring (bicyclic) bond motifs is 1. The number of hydrogen-bond donors (Lipinski definition) is 1. The van der Waals surface area contributed by atoms with Gasteiger partial charge in [0, 0.05) is 29.7 Å². The number of nitrogens with zero attached hydrogens (tertiary/aromatic N) is 1. The molecule has 2 aromatic rings. The van der Waals surface area contributed by atoms with Crippen molar-refractivity contribution >= 4 is 17.0 Å². The predicted molar refractivity (Wildman–Crippen MR) is 63.4 cm³/mol. The van der Waals surface area contributed by atoms with E-state index in [4.69, 9.17) is 0 Å². The Morgan fingerprint density at radius 2 is 2.33 bits per heavy atom. The number of aromatic nitrogens is 1. The van der Waals surface area contributed by atoms with Crippen LogP contribution in [0, 0.1) is 0 Å². The van der Waals surface area contributed by atoms with E-state index in [1.165, 1.54) is 16.3 Å². The molecule has 0 aliphatic carbocycles. The summed E-state index contributed by atoms with van der Waals surface area (Å²) in [4.78, 5) is 4.32. The molecule has 1 aromatic heterocycles. The number of anilines is 1. The minimum atomic E-state index is 0.522. The Hall–Kier alpha value is -1.35. The maximum Gasteiger partial charge on any atom is 0.0945 e. The van der Waals surface area contributed by atoms with Crippen LogP contribution in [0.1, 0.15) is 10.6 Å². The standard InChI is InChI=1S/C12H12N2S/c1-2-4-11-9(3-1)7-10(14-11)8-12-13-5-6-15-12/h1-6,10,14H,7-8H2. The van der Waals surface area contributed by atoms with Gasteiger partial charge in [-0.15, -0.1) is 11.3 Å². The second-order valence-corrected chi connectivity index (χ2v) is 4.81. The zero-order chi connectivity index (χ0) is 10.1. The maximum absolute atomic E-state index is 4.32. The number of hydrogen-bond acceptors (Lipinski definition) is 3. The molecule has 1 aliphatic rings. The summed E-state index contributed by atoms with van der Waals surface area (Å²) in [5.74, 6) is 0. The smallest absolute Gasteiger partial charge is 0.0945 e. The monoisotopic (exact) mass is 216 g/mol. The normalized spacial score (nSPS) is 18.5. The molecule has 0 spiro atoms. The van der Waals surface area contributed by atoms with Crippen LogP contribution in [0.25, 0.3) is 0 Å². The first-order valence-electron chi connectivity index (χ1n) is 5.14. The van der Waals surface area contributed by atoms with E-state index in [1.54, 1.807) is 11.3 Å². The van der Waals surface area contributed by atoms with Crippen LogP contribution in [-0.2, 0) is 12.8 Å². The van der Waals surface area contributed by atoms with Gasteiger partial charge in [-0.05, 0) is 18.1 Å². The lowest BCUT2D eigenvalue weighted by Crippen LogP contribution is -2.18. The molecule has 0 fully saturated rings. The number of benzene rings is 1. The molecule has 2 heterocycles. The minimum Gasteiger partial charge on any atom is -0.381 e. The van der Waals surface area contributed by atoms with Crippen LogP contribution in [0.3, 0.4) is 0 Å². The molecule has 1 aromatic carbocycles. The molecule has 2 nitrogen and oxygen atoms in total. The fourth-order valence-electron chi connectivity index (χ4n) is 2.06. The Morgan fingerprint density at radius 1 is 1.40 bits per heavy atom. The summed E-state index contributed by atoms with van der Waals surface area (Å²) in [5, 5.41) is 6.80. The van der Waals surface area contributed by atoms with Crippen LogP contribution >= 0.6 is 11.3 Å². The highest BCUT2D eigenvalue weighted by Crippen LogP contribution is 2.26. The summed E-state index contributed by atoms with van der Waals surface area (Å²) in [5.41, 5.74) is 2.72. The van der Waals surface area contributed by atoms with Crippen molar-refractivity contribution in [3.8, 4) is 0 Å². The first-order chi connectivity index (χ1) is 7.42. The maximum atomic E-state index is 4.32. The van der Waals surface area contributed by atoms with Gasteiger partial charge in [0.25, 0.3) is 0 Å². The second kappa shape index (κ2) is 3.66. The van der Waals surface area contributed by atoms with Gasteiger partial charge in [0.15, 0.2) is 0 Å². The number of rotatable bonds is 2. The third kappa shape index (κ3) is 1.75. The van der Waals surface area contributed by atoms with Gasteiger partial charge in [0.05, 0.1) is 5.01 Å². The van der Waals surface area contributed by atoms with Crippen molar-refractivity contribution in [3.05, 3.63) is 46.4 Å². The largest absolute Gasteiger partial charge is 0.381 e. The second-order valence-electron chi connectivity index (χ2n) is 3.83. The van der Waals surface area contributed by atoms with E-state index in [0.29, 0.717) is 6.04 Å². The molecule has 3 rings (SSSR count). The molecule has 1 atom stereocenters. The van der Waals surface area contributed by atoms with Gasteiger partial charge in [0.1, 0.15) is 0 Å². The Labute approximate surface area is 93.0 Å². The fraction of sp³-hybridized carbons (Fsp3) is 0.250. The van der Waals surface area contributed by atoms with E-state index in [1.807, 2.05) is 11.6 Å². The molecule has 3 heteroatoms. The zero-order valence-corrected chi connectivity index (χ0v) is 9.13. The first kappa shape index (κ1) is 8.92. The van der Waals surface area contributed by atoms with Crippen molar-refractivity contribution in [1.29, 1.82) is 0 Å². The average molecular weight is 216 g/mol. The van der Waals surface area contributed by atoms with Gasteiger partial charge in [-0.25, -0.2) is 4.98 Å². The number of thiazole rings is 1. The average Bonchev–Trinajstić information content (AvgIpc) is 2.86. The predicted octanol–water partition coefficient (Wildman–Crippen LogP) is 2.72. The molecule has 15 heavy (non-hydrogen) atoms. The lowest BCUT2D eigenvalue weighted by atomic mass is 10.1. The van der Waals surface area contributed by atoms with Crippen molar-refractivity contribution in [3.63, 3.8) is 0 Å². The third-order valence-electron chi connectivity index (χ3n) is 2.75. The molecule has 0 saturated heterocycles. The quantitative estimate of drug-likeness (QED) is 0.835. The molecule has 0 bridgehead atoms. The third-order valence-corrected chi connectivity index (χ3v) is 3.55. The van der Waals surface area contributed by atoms with Crippen molar-refractivity contribution in [2.24, 2.45) is 0 Å². The Bertz CT molecular complexity index is 423. The summed E-state index contributed by atoms with van der Waals surface area (Å²) in [6.07, 6.45) is 4.03. The molecule has 0 amide bonds. The zero-order valence-electron chi connectivity index (χ0n) is 8.31. The van der Waals surface area contributed by atoms with Crippen molar-refractivity contribution in [1.82, 2.24) is 4.98 Å². The van der Waals surface area contributed by atoms with E-state index < -0.39 is 0 Å². The number of para-hydroxylation sites is 1. The summed E-state index contributed by atoms with van der Waals surface area (Å²) in [6, 6.07) is 9.05. The molecule has 1 aliphatic heterocycles. The van der Waals surface area contributed by atoms with Gasteiger partial charge in [0.2, 0.25) is 0 Å². The van der Waals surface area contributed by atoms with Crippen molar-refractivity contribution in [2.45, 2.75) is 18.9 Å². The van der Waals surface area contributed by atoms with Crippen LogP contribution < -0.4 is 5.32 Å². The van der Waals surface area contributed by atoms with E-state index in [-0.39, 0.29) is 0 Å². The van der Waals surface area contributed by atoms with Gasteiger partial charge < -0.3 is 5.32 Å². The Morgan fingerprint density at radius 3 is 3.13 bits per heavy atom. The van der Waals surface area contributed by atoms with Gasteiger partial charge in [-0.1, -0.05) is 18.2 Å². The molecule has 0 saturated carbocycles. The first-order valence-corrected chi connectivity index (χ1v) is 6.02. The highest BCUT2D eigenvalue weighted by molar-refractivity contribution is 7.09. The van der Waals surface area contributed by atoms with Crippen LogP contribution in [0.2, 0.25) is 0 Å². The topological polar surface area (TPSA) is 24.9 Å². The lowest BCUT2D eigenvalue weighted by Gasteiger charge is -2.08. The number of nitrogens with one attached hydrogen (secondary N) is 1. The van der Waals surface area contributed by atoms with Crippen LogP contribution in [0.15, 0.2) is 35.8 Å². The van der Waals surface area contributed by atoms with Crippen molar-refractivity contribution in [2.75, 3.05) is 5.32 Å². The van der Waals surface area contributed by atoms with E-state index in [9.17, 15) is 0 Å². The Kier molecular flexibility index (Phi) is 2.18. The molecule has 76 valence electrons. The van der Waals surface area contributed by atoms with Gasteiger partial charge in [-0.2, -0.15) is 0 Å². The van der Waals surface area contributed by atoms with Crippen LogP contribution in [-0.4, -0.2) is 11.0 Å². The van der Waals surface area contributed by atoms with Crippen molar-refractivity contribution < 1.29 is 0 Å². The Balaban J connectivity index is 1.74. The van der Waals surface area contributed by atoms with Gasteiger partial charge >= 0.3 is 0 Å². The molecular formula is C12H12N2S.